The summed E-state index contributed by atoms with van der Waals surface area (Å²) in [6, 6.07) is 4.41. The van der Waals surface area contributed by atoms with Crippen LogP contribution >= 0.6 is 0 Å². The Balaban J connectivity index is 1.66. The van der Waals surface area contributed by atoms with Crippen LogP contribution in [0.4, 0.5) is 0 Å². The first-order chi connectivity index (χ1) is 14.8. The number of nitrogens with zero attached hydrogens (tertiary/aromatic N) is 6. The number of hydrogen-bond donors (Lipinski definition) is 3. The summed E-state index contributed by atoms with van der Waals surface area (Å²) in [5.74, 6) is 0.655. The molecule has 0 radical (unpaired) electrons. The Morgan fingerprint density at radius 2 is 1.10 bits per heavy atom. The zero-order valence-electron chi connectivity index (χ0n) is 16.1. The summed E-state index contributed by atoms with van der Waals surface area (Å²) in [4.78, 5) is 34.9. The number of H-pyrrole nitrogens is 3. The fourth-order valence-electron chi connectivity index (χ4n) is 3.65. The monoisotopic (exact) mass is 397 g/mol. The molecule has 1 aromatic carbocycles. The van der Waals surface area contributed by atoms with E-state index >= 15 is 0 Å². The third-order valence-corrected chi connectivity index (χ3v) is 4.90. The van der Waals surface area contributed by atoms with Gasteiger partial charge in [-0.15, -0.1) is 0 Å². The SMILES string of the molecule is c1ncnc(-c2c(Cc3cnc[nH]3)cc(Cc3cnc[nH]3)cc2Cc2cnc[nH]2)n1. The van der Waals surface area contributed by atoms with Gasteiger partial charge in [0.2, 0.25) is 0 Å². The minimum Gasteiger partial charge on any atom is -0.348 e. The van der Waals surface area contributed by atoms with Crippen LogP contribution in [0.1, 0.15) is 33.8 Å². The standard InChI is InChI=1S/C21H19N9/c1-14(3-17-6-22-9-26-17)2-16(5-19-8-24-11-28-19)20(21-29-12-25-13-30-21)15(1)4-18-7-23-10-27-18/h1-2,6-13H,3-5H2,(H,22,26)(H,23,27)(H,24,28). The van der Waals surface area contributed by atoms with Crippen LogP contribution in [0.2, 0.25) is 0 Å². The van der Waals surface area contributed by atoms with Crippen LogP contribution in [0.15, 0.2) is 62.4 Å². The van der Waals surface area contributed by atoms with Crippen LogP contribution < -0.4 is 0 Å². The lowest BCUT2D eigenvalue weighted by Gasteiger charge is -2.16. The minimum atomic E-state index is 0.655. The van der Waals surface area contributed by atoms with Gasteiger partial charge in [0.15, 0.2) is 5.82 Å². The van der Waals surface area contributed by atoms with Gasteiger partial charge in [-0.25, -0.2) is 29.9 Å². The molecule has 0 amide bonds. The van der Waals surface area contributed by atoms with Gasteiger partial charge in [0.25, 0.3) is 0 Å². The highest BCUT2D eigenvalue weighted by Crippen LogP contribution is 2.30. The lowest BCUT2D eigenvalue weighted by Crippen LogP contribution is -2.05. The highest BCUT2D eigenvalue weighted by atomic mass is 15.0. The maximum absolute atomic E-state index is 4.44. The van der Waals surface area contributed by atoms with Crippen LogP contribution in [0.3, 0.4) is 0 Å². The molecule has 0 unspecified atom stereocenters. The molecular formula is C21H19N9. The summed E-state index contributed by atoms with van der Waals surface area (Å²) in [6.07, 6.45) is 15.8. The first-order valence-corrected chi connectivity index (χ1v) is 9.54. The zero-order valence-corrected chi connectivity index (χ0v) is 16.1. The number of aromatic amines is 3. The van der Waals surface area contributed by atoms with E-state index in [-0.39, 0.29) is 0 Å². The molecule has 0 atom stereocenters. The van der Waals surface area contributed by atoms with Crippen LogP contribution in [-0.2, 0) is 19.3 Å². The summed E-state index contributed by atoms with van der Waals surface area (Å²) in [5.41, 5.74) is 7.54. The van der Waals surface area contributed by atoms with Gasteiger partial charge in [-0.05, 0) is 16.7 Å². The van der Waals surface area contributed by atoms with Crippen molar-refractivity contribution in [2.75, 3.05) is 0 Å². The Labute approximate surface area is 172 Å². The topological polar surface area (TPSA) is 125 Å². The van der Waals surface area contributed by atoms with Crippen molar-refractivity contribution in [3.05, 3.63) is 96.1 Å². The summed E-state index contributed by atoms with van der Waals surface area (Å²) < 4.78 is 0. The number of nitrogens with one attached hydrogen (secondary N) is 3. The summed E-state index contributed by atoms with van der Waals surface area (Å²) >= 11 is 0. The van der Waals surface area contributed by atoms with Crippen LogP contribution in [0, 0.1) is 0 Å². The maximum atomic E-state index is 4.44. The second-order valence-electron chi connectivity index (χ2n) is 7.01. The molecule has 5 rings (SSSR count). The highest BCUT2D eigenvalue weighted by molar-refractivity contribution is 5.67. The van der Waals surface area contributed by atoms with E-state index in [1.807, 2.05) is 18.6 Å². The Bertz CT molecular complexity index is 1140. The van der Waals surface area contributed by atoms with E-state index < -0.39 is 0 Å². The van der Waals surface area contributed by atoms with Gasteiger partial charge in [0, 0.05) is 60.5 Å². The van der Waals surface area contributed by atoms with E-state index in [1.54, 1.807) is 19.0 Å². The van der Waals surface area contributed by atoms with Crippen molar-refractivity contribution < 1.29 is 0 Å². The van der Waals surface area contributed by atoms with Gasteiger partial charge in [-0.1, -0.05) is 12.1 Å². The molecular weight excluding hydrogens is 378 g/mol. The number of rotatable bonds is 7. The van der Waals surface area contributed by atoms with Gasteiger partial charge >= 0.3 is 0 Å². The molecule has 4 heterocycles. The smallest absolute Gasteiger partial charge is 0.163 e. The van der Waals surface area contributed by atoms with Crippen molar-refractivity contribution in [2.45, 2.75) is 19.3 Å². The summed E-state index contributed by atoms with van der Waals surface area (Å²) in [7, 11) is 0. The van der Waals surface area contributed by atoms with Crippen molar-refractivity contribution >= 4 is 0 Å². The fourth-order valence-corrected chi connectivity index (χ4v) is 3.65. The van der Waals surface area contributed by atoms with E-state index in [4.69, 9.17) is 0 Å². The third-order valence-electron chi connectivity index (χ3n) is 4.90. The van der Waals surface area contributed by atoms with Crippen LogP contribution in [-0.4, -0.2) is 44.9 Å². The molecule has 9 nitrogen and oxygen atoms in total. The number of aromatic nitrogens is 9. The largest absolute Gasteiger partial charge is 0.348 e. The molecule has 30 heavy (non-hydrogen) atoms. The van der Waals surface area contributed by atoms with E-state index in [0.717, 1.165) is 40.2 Å². The Hall–Kier alpha value is -4.14. The highest BCUT2D eigenvalue weighted by Gasteiger charge is 2.17. The molecule has 5 aromatic rings. The summed E-state index contributed by atoms with van der Waals surface area (Å²) in [5, 5.41) is 0. The predicted molar refractivity (Wildman–Crippen MR) is 109 cm³/mol. The molecule has 0 saturated heterocycles. The second kappa shape index (κ2) is 8.08. The van der Waals surface area contributed by atoms with Crippen molar-refractivity contribution in [1.29, 1.82) is 0 Å². The molecule has 0 saturated carbocycles. The Kier molecular flexibility index (Phi) is 4.83. The van der Waals surface area contributed by atoms with Gasteiger partial charge in [0.05, 0.1) is 19.0 Å². The average molecular weight is 397 g/mol. The van der Waals surface area contributed by atoms with E-state index in [9.17, 15) is 0 Å². The molecule has 0 aliphatic heterocycles. The second-order valence-corrected chi connectivity index (χ2v) is 7.01. The summed E-state index contributed by atoms with van der Waals surface area (Å²) in [6.45, 7) is 0. The zero-order chi connectivity index (χ0) is 20.2. The lowest BCUT2D eigenvalue weighted by molar-refractivity contribution is 1.01. The Morgan fingerprint density at radius 1 is 0.600 bits per heavy atom. The first kappa shape index (κ1) is 17.9. The molecule has 4 aromatic heterocycles. The molecule has 9 heteroatoms. The van der Waals surface area contributed by atoms with Crippen molar-refractivity contribution in [3.8, 4) is 11.4 Å². The van der Waals surface area contributed by atoms with Crippen LogP contribution in [0.5, 0.6) is 0 Å². The van der Waals surface area contributed by atoms with Gasteiger partial charge in [-0.2, -0.15) is 0 Å². The maximum Gasteiger partial charge on any atom is 0.163 e. The van der Waals surface area contributed by atoms with Gasteiger partial charge in [0.1, 0.15) is 12.7 Å². The first-order valence-electron chi connectivity index (χ1n) is 9.54. The molecule has 0 aliphatic carbocycles. The number of hydrogen-bond acceptors (Lipinski definition) is 6. The fraction of sp³-hybridized carbons (Fsp3) is 0.143. The predicted octanol–water partition coefficient (Wildman–Crippen LogP) is 2.48. The molecule has 0 fully saturated rings. The van der Waals surface area contributed by atoms with Crippen molar-refractivity contribution in [1.82, 2.24) is 44.9 Å². The van der Waals surface area contributed by atoms with Crippen molar-refractivity contribution in [2.24, 2.45) is 0 Å². The third kappa shape index (κ3) is 3.86. The van der Waals surface area contributed by atoms with E-state index in [0.29, 0.717) is 18.7 Å². The minimum absolute atomic E-state index is 0.655. The molecule has 0 bridgehead atoms. The van der Waals surface area contributed by atoms with Gasteiger partial charge < -0.3 is 15.0 Å². The quantitative estimate of drug-likeness (QED) is 0.387. The molecule has 0 spiro atoms. The van der Waals surface area contributed by atoms with Crippen LogP contribution in [0.25, 0.3) is 11.4 Å². The van der Waals surface area contributed by atoms with Crippen molar-refractivity contribution in [3.63, 3.8) is 0 Å². The molecule has 0 aliphatic rings. The number of imidazole rings is 3. The lowest BCUT2D eigenvalue weighted by atomic mass is 9.90. The van der Waals surface area contributed by atoms with E-state index in [2.05, 4.69) is 57.0 Å². The number of benzene rings is 1. The molecule has 3 N–H and O–H groups in total. The normalized spacial score (nSPS) is 11.1. The van der Waals surface area contributed by atoms with Gasteiger partial charge in [-0.3, -0.25) is 0 Å². The molecule has 148 valence electrons. The average Bonchev–Trinajstić information content (AvgIpc) is 3.53. The Morgan fingerprint density at radius 3 is 1.57 bits per heavy atom. The van der Waals surface area contributed by atoms with E-state index in [1.165, 1.54) is 18.2 Å².